The molecule has 0 radical (unpaired) electrons. The lowest BCUT2D eigenvalue weighted by Gasteiger charge is -2.44. The largest absolute Gasteiger partial charge is 0.468 e. The zero-order valence-corrected chi connectivity index (χ0v) is 13.5. The highest BCUT2D eigenvalue weighted by atomic mass is 16.5. The number of piperidine rings is 1. The summed E-state index contributed by atoms with van der Waals surface area (Å²) in [5, 5.41) is 3.04. The van der Waals surface area contributed by atoms with Crippen LogP contribution in [0.15, 0.2) is 0 Å². The van der Waals surface area contributed by atoms with Crippen LogP contribution in [0, 0.1) is 5.92 Å². The number of carbonyl (C=O) groups is 2. The lowest BCUT2D eigenvalue weighted by molar-refractivity contribution is -0.147. The predicted molar refractivity (Wildman–Crippen MR) is 80.8 cm³/mol. The minimum absolute atomic E-state index is 0.114. The Bertz CT molecular complexity index is 393. The van der Waals surface area contributed by atoms with Gasteiger partial charge in [-0.2, -0.15) is 0 Å². The summed E-state index contributed by atoms with van der Waals surface area (Å²) >= 11 is 0. The quantitative estimate of drug-likeness (QED) is 0.802. The number of esters is 1. The first-order valence-electron chi connectivity index (χ1n) is 8.08. The van der Waals surface area contributed by atoms with Gasteiger partial charge in [-0.15, -0.1) is 0 Å². The van der Waals surface area contributed by atoms with E-state index in [1.54, 1.807) is 13.8 Å². The van der Waals surface area contributed by atoms with Crippen molar-refractivity contribution in [2.75, 3.05) is 20.2 Å². The van der Waals surface area contributed by atoms with E-state index in [0.29, 0.717) is 12.0 Å². The van der Waals surface area contributed by atoms with Crippen molar-refractivity contribution in [3.63, 3.8) is 0 Å². The van der Waals surface area contributed by atoms with E-state index in [1.165, 1.54) is 32.8 Å². The summed E-state index contributed by atoms with van der Waals surface area (Å²) in [4.78, 5) is 26.2. The van der Waals surface area contributed by atoms with E-state index in [9.17, 15) is 9.59 Å². The number of nitrogens with one attached hydrogen (secondary N) is 1. The number of carbonyl (C=O) groups excluding carboxylic acids is 2. The normalized spacial score (nSPS) is 26.1. The number of hydrogen-bond acceptors (Lipinski definition) is 4. The monoisotopic (exact) mass is 296 g/mol. The molecular formula is C16H28N2O3. The Balaban J connectivity index is 1.91. The number of amides is 1. The summed E-state index contributed by atoms with van der Waals surface area (Å²) in [5.41, 5.74) is -0.827. The molecule has 1 saturated heterocycles. The maximum atomic E-state index is 12.5. The van der Waals surface area contributed by atoms with Crippen molar-refractivity contribution in [3.05, 3.63) is 0 Å². The van der Waals surface area contributed by atoms with Gasteiger partial charge >= 0.3 is 5.97 Å². The van der Waals surface area contributed by atoms with Gasteiger partial charge in [0, 0.05) is 12.6 Å². The standard InChI is InChI=1S/C16H28N2O3/c1-16(2,15(20)21-3)17-11-14(19)18-10-6-8-12-7-4-5-9-13(12)18/h12-13,17H,4-11H2,1-3H3/t12-,13-/m0/s1. The lowest BCUT2D eigenvalue weighted by Crippen LogP contribution is -2.55. The Morgan fingerprint density at radius 1 is 1.19 bits per heavy atom. The van der Waals surface area contributed by atoms with Crippen LogP contribution in [0.1, 0.15) is 52.4 Å². The number of methoxy groups -OCH3 is 1. The van der Waals surface area contributed by atoms with Crippen LogP contribution in [-0.2, 0) is 14.3 Å². The Labute approximate surface area is 127 Å². The van der Waals surface area contributed by atoms with Crippen LogP contribution in [0.4, 0.5) is 0 Å². The Kier molecular flexibility index (Phi) is 5.25. The average molecular weight is 296 g/mol. The fourth-order valence-electron chi connectivity index (χ4n) is 3.66. The molecule has 0 unspecified atom stereocenters. The number of likely N-dealkylation sites (tertiary alicyclic amines) is 1. The summed E-state index contributed by atoms with van der Waals surface area (Å²) in [6.45, 7) is 4.54. The third kappa shape index (κ3) is 3.76. The second kappa shape index (κ2) is 6.77. The summed E-state index contributed by atoms with van der Waals surface area (Å²) < 4.78 is 4.75. The van der Waals surface area contributed by atoms with Gasteiger partial charge in [0.1, 0.15) is 5.54 Å². The van der Waals surface area contributed by atoms with E-state index in [0.717, 1.165) is 19.4 Å². The van der Waals surface area contributed by atoms with E-state index >= 15 is 0 Å². The van der Waals surface area contributed by atoms with E-state index in [-0.39, 0.29) is 18.4 Å². The molecule has 0 aromatic heterocycles. The van der Waals surface area contributed by atoms with Crippen LogP contribution in [0.3, 0.4) is 0 Å². The minimum atomic E-state index is -0.827. The molecule has 0 bridgehead atoms. The molecule has 0 spiro atoms. The zero-order chi connectivity index (χ0) is 15.5. The first kappa shape index (κ1) is 16.3. The SMILES string of the molecule is COC(=O)C(C)(C)NCC(=O)N1CCC[C@@H]2CCCC[C@@H]21. The molecule has 120 valence electrons. The summed E-state index contributed by atoms with van der Waals surface area (Å²) in [6, 6.07) is 0.419. The fraction of sp³-hybridized carbons (Fsp3) is 0.875. The van der Waals surface area contributed by atoms with Crippen molar-refractivity contribution in [1.82, 2.24) is 10.2 Å². The predicted octanol–water partition coefficient (Wildman–Crippen LogP) is 1.71. The first-order chi connectivity index (χ1) is 9.95. The van der Waals surface area contributed by atoms with Gasteiger partial charge in [0.25, 0.3) is 0 Å². The van der Waals surface area contributed by atoms with Gasteiger partial charge in [-0.1, -0.05) is 12.8 Å². The van der Waals surface area contributed by atoms with E-state index in [4.69, 9.17) is 4.74 Å². The highest BCUT2D eigenvalue weighted by Gasteiger charge is 2.36. The molecule has 2 aliphatic rings. The average Bonchev–Trinajstić information content (AvgIpc) is 2.51. The van der Waals surface area contributed by atoms with Crippen molar-refractivity contribution in [2.45, 2.75) is 64.0 Å². The molecule has 0 aromatic carbocycles. The number of nitrogens with zero attached hydrogens (tertiary/aromatic N) is 1. The molecule has 2 rings (SSSR count). The van der Waals surface area contributed by atoms with Crippen molar-refractivity contribution in [1.29, 1.82) is 0 Å². The van der Waals surface area contributed by atoms with Gasteiger partial charge in [-0.05, 0) is 45.4 Å². The molecule has 1 aliphatic carbocycles. The highest BCUT2D eigenvalue weighted by Crippen LogP contribution is 2.35. The van der Waals surface area contributed by atoms with E-state index in [1.807, 2.05) is 4.90 Å². The van der Waals surface area contributed by atoms with Crippen LogP contribution >= 0.6 is 0 Å². The third-order valence-electron chi connectivity index (χ3n) is 4.94. The van der Waals surface area contributed by atoms with Gasteiger partial charge < -0.3 is 9.64 Å². The zero-order valence-electron chi connectivity index (χ0n) is 13.5. The molecule has 2 fully saturated rings. The molecule has 1 aliphatic heterocycles. The second-order valence-electron chi connectivity index (χ2n) is 6.81. The molecule has 1 heterocycles. The van der Waals surface area contributed by atoms with Crippen LogP contribution in [0.2, 0.25) is 0 Å². The van der Waals surface area contributed by atoms with Gasteiger partial charge in [0.2, 0.25) is 5.91 Å². The van der Waals surface area contributed by atoms with Crippen LogP contribution < -0.4 is 5.32 Å². The van der Waals surface area contributed by atoms with Gasteiger partial charge in [-0.3, -0.25) is 14.9 Å². The van der Waals surface area contributed by atoms with Crippen molar-refractivity contribution in [2.24, 2.45) is 5.92 Å². The van der Waals surface area contributed by atoms with E-state index < -0.39 is 5.54 Å². The number of ether oxygens (including phenoxy) is 1. The third-order valence-corrected chi connectivity index (χ3v) is 4.94. The van der Waals surface area contributed by atoms with E-state index in [2.05, 4.69) is 5.32 Å². The molecule has 1 amide bonds. The Morgan fingerprint density at radius 3 is 2.57 bits per heavy atom. The topological polar surface area (TPSA) is 58.6 Å². The van der Waals surface area contributed by atoms with Gasteiger partial charge in [0.05, 0.1) is 13.7 Å². The van der Waals surface area contributed by atoms with Crippen LogP contribution in [0.25, 0.3) is 0 Å². The summed E-state index contributed by atoms with van der Waals surface area (Å²) in [6.07, 6.45) is 7.29. The van der Waals surface area contributed by atoms with Crippen LogP contribution in [-0.4, -0.2) is 48.6 Å². The molecule has 1 saturated carbocycles. The van der Waals surface area contributed by atoms with Gasteiger partial charge in [0.15, 0.2) is 0 Å². The maximum absolute atomic E-state index is 12.5. The van der Waals surface area contributed by atoms with Gasteiger partial charge in [-0.25, -0.2) is 0 Å². The summed E-state index contributed by atoms with van der Waals surface area (Å²) in [7, 11) is 1.37. The lowest BCUT2D eigenvalue weighted by atomic mass is 9.78. The molecule has 2 atom stereocenters. The van der Waals surface area contributed by atoms with Crippen molar-refractivity contribution in [3.8, 4) is 0 Å². The molecule has 5 nitrogen and oxygen atoms in total. The number of hydrogen-bond donors (Lipinski definition) is 1. The number of fused-ring (bicyclic) bond motifs is 1. The maximum Gasteiger partial charge on any atom is 0.325 e. The fourth-order valence-corrected chi connectivity index (χ4v) is 3.66. The van der Waals surface area contributed by atoms with Crippen molar-refractivity contribution >= 4 is 11.9 Å². The minimum Gasteiger partial charge on any atom is -0.468 e. The first-order valence-corrected chi connectivity index (χ1v) is 8.08. The Morgan fingerprint density at radius 2 is 1.86 bits per heavy atom. The Hall–Kier alpha value is -1.10. The summed E-state index contributed by atoms with van der Waals surface area (Å²) in [5.74, 6) is 0.457. The smallest absolute Gasteiger partial charge is 0.325 e. The molecular weight excluding hydrogens is 268 g/mol. The second-order valence-corrected chi connectivity index (χ2v) is 6.81. The molecule has 0 aromatic rings. The number of rotatable bonds is 4. The molecule has 5 heteroatoms. The van der Waals surface area contributed by atoms with Crippen molar-refractivity contribution < 1.29 is 14.3 Å². The highest BCUT2D eigenvalue weighted by molar-refractivity contribution is 5.82. The molecule has 21 heavy (non-hydrogen) atoms. The van der Waals surface area contributed by atoms with Crippen LogP contribution in [0.5, 0.6) is 0 Å². The molecule has 1 N–H and O–H groups in total.